The van der Waals surface area contributed by atoms with Gasteiger partial charge < -0.3 is 15.7 Å². The number of hydrogen-bond donors (Lipinski definition) is 2. The van der Waals surface area contributed by atoms with E-state index in [0.29, 0.717) is 13.0 Å². The number of carboxylic acid groups (broad SMARTS) is 1. The summed E-state index contributed by atoms with van der Waals surface area (Å²) in [7, 11) is 0. The van der Waals surface area contributed by atoms with Crippen molar-refractivity contribution in [3.8, 4) is 0 Å². The molecule has 5 nitrogen and oxygen atoms in total. The van der Waals surface area contributed by atoms with E-state index in [4.69, 9.17) is 10.8 Å². The van der Waals surface area contributed by atoms with Crippen molar-refractivity contribution >= 4 is 23.6 Å². The largest absolute Gasteiger partial charge is 0.480 e. The van der Waals surface area contributed by atoms with Crippen molar-refractivity contribution in [3.05, 3.63) is 0 Å². The van der Waals surface area contributed by atoms with E-state index in [1.807, 2.05) is 0 Å². The Kier molecular flexibility index (Phi) is 2.88. The predicted octanol–water partition coefficient (Wildman–Crippen LogP) is -0.495. The number of hydrogen-bond acceptors (Lipinski definition) is 4. The molecule has 3 atom stereocenters. The lowest BCUT2D eigenvalue weighted by Gasteiger charge is -2.37. The molecule has 3 N–H and O–H groups in total. The van der Waals surface area contributed by atoms with E-state index in [1.165, 1.54) is 4.90 Å². The van der Waals surface area contributed by atoms with Crippen molar-refractivity contribution in [3.63, 3.8) is 0 Å². The molecule has 2 unspecified atom stereocenters. The maximum Gasteiger partial charge on any atom is 0.327 e. The summed E-state index contributed by atoms with van der Waals surface area (Å²) in [6.07, 6.45) is 1.32. The van der Waals surface area contributed by atoms with Crippen LogP contribution in [0.25, 0.3) is 0 Å². The molecule has 0 aromatic rings. The minimum atomic E-state index is -0.889. The first kappa shape index (κ1) is 10.8. The van der Waals surface area contributed by atoms with Gasteiger partial charge in [0.05, 0.1) is 0 Å². The van der Waals surface area contributed by atoms with Gasteiger partial charge in [-0.2, -0.15) is 11.8 Å². The number of amides is 1. The normalized spacial score (nSPS) is 33.8. The Morgan fingerprint density at radius 3 is 2.93 bits per heavy atom. The predicted molar refractivity (Wildman–Crippen MR) is 56.6 cm³/mol. The molecule has 0 aromatic carbocycles. The van der Waals surface area contributed by atoms with Gasteiger partial charge in [-0.25, -0.2) is 4.79 Å². The smallest absolute Gasteiger partial charge is 0.327 e. The van der Waals surface area contributed by atoms with E-state index in [0.717, 1.165) is 12.2 Å². The first-order valence-electron chi connectivity index (χ1n) is 5.00. The van der Waals surface area contributed by atoms with Crippen LogP contribution >= 0.6 is 11.8 Å². The Morgan fingerprint density at radius 2 is 2.40 bits per heavy atom. The Morgan fingerprint density at radius 1 is 1.67 bits per heavy atom. The van der Waals surface area contributed by atoms with Crippen LogP contribution in [0.3, 0.4) is 0 Å². The van der Waals surface area contributed by atoms with Crippen molar-refractivity contribution in [2.75, 3.05) is 12.3 Å². The lowest BCUT2D eigenvalue weighted by molar-refractivity contribution is -0.156. The second kappa shape index (κ2) is 4.02. The number of nitrogens with two attached hydrogens (primary N) is 1. The molecule has 2 saturated heterocycles. The van der Waals surface area contributed by atoms with Crippen molar-refractivity contribution in [1.29, 1.82) is 0 Å². The molecular formula is C9H14N2O3S. The van der Waals surface area contributed by atoms with E-state index in [9.17, 15) is 9.59 Å². The van der Waals surface area contributed by atoms with Gasteiger partial charge in [0.15, 0.2) is 0 Å². The van der Waals surface area contributed by atoms with Gasteiger partial charge in [-0.05, 0) is 6.42 Å². The highest BCUT2D eigenvalue weighted by Crippen LogP contribution is 2.40. The lowest BCUT2D eigenvalue weighted by atomic mass is 10.0. The molecule has 0 radical (unpaired) electrons. The van der Waals surface area contributed by atoms with Gasteiger partial charge in [0.1, 0.15) is 6.04 Å². The van der Waals surface area contributed by atoms with Crippen molar-refractivity contribution in [2.45, 2.75) is 30.2 Å². The molecule has 2 rings (SSSR count). The average Bonchev–Trinajstić information content (AvgIpc) is 2.47. The third kappa shape index (κ3) is 1.72. The topological polar surface area (TPSA) is 83.6 Å². The number of nitrogens with zero attached hydrogens (tertiary/aromatic N) is 1. The van der Waals surface area contributed by atoms with Crippen molar-refractivity contribution < 1.29 is 14.7 Å². The van der Waals surface area contributed by atoms with Crippen molar-refractivity contribution in [2.24, 2.45) is 5.73 Å². The number of carbonyl (C=O) groups excluding carboxylic acids is 1. The second-order valence-electron chi connectivity index (χ2n) is 3.88. The third-order valence-corrected chi connectivity index (χ3v) is 4.30. The molecule has 2 fully saturated rings. The zero-order valence-corrected chi connectivity index (χ0v) is 9.07. The fourth-order valence-electron chi connectivity index (χ4n) is 2.31. The summed E-state index contributed by atoms with van der Waals surface area (Å²) in [5.74, 6) is -0.160. The number of carbonyl (C=O) groups is 2. The zero-order valence-electron chi connectivity index (χ0n) is 8.26. The fourth-order valence-corrected chi connectivity index (χ4v) is 3.54. The van der Waals surface area contributed by atoms with E-state index in [1.54, 1.807) is 11.8 Å². The number of fused-ring (bicyclic) bond motifs is 1. The van der Waals surface area contributed by atoms with Gasteiger partial charge in [-0.15, -0.1) is 0 Å². The van der Waals surface area contributed by atoms with Gasteiger partial charge in [0.25, 0.3) is 0 Å². The monoisotopic (exact) mass is 230 g/mol. The van der Waals surface area contributed by atoms with Crippen LogP contribution in [0.15, 0.2) is 0 Å². The standard InChI is InChI=1S/C9H14N2O3S/c10-1-2-15-6-3-5-4-7(12)11(5)8(6)9(13)14/h5-6,8H,1-4,10H2,(H,13,14)/t5-,6?,8?/m1/s1. The molecule has 2 heterocycles. The summed E-state index contributed by atoms with van der Waals surface area (Å²) in [5.41, 5.74) is 5.39. The number of β-lactam (4-membered cyclic amide) rings is 1. The van der Waals surface area contributed by atoms with Gasteiger partial charge in [-0.1, -0.05) is 0 Å². The molecular weight excluding hydrogens is 216 g/mol. The molecule has 15 heavy (non-hydrogen) atoms. The van der Waals surface area contributed by atoms with Crippen LogP contribution < -0.4 is 5.73 Å². The Balaban J connectivity index is 2.05. The number of thioether (sulfide) groups is 1. The third-order valence-electron chi connectivity index (χ3n) is 2.95. The first-order valence-corrected chi connectivity index (χ1v) is 6.05. The molecule has 84 valence electrons. The molecule has 6 heteroatoms. The summed E-state index contributed by atoms with van der Waals surface area (Å²) >= 11 is 1.57. The summed E-state index contributed by atoms with van der Waals surface area (Å²) in [6, 6.07) is -0.471. The van der Waals surface area contributed by atoms with E-state index in [2.05, 4.69) is 0 Å². The van der Waals surface area contributed by atoms with Crippen LogP contribution in [0.4, 0.5) is 0 Å². The van der Waals surface area contributed by atoms with Crippen LogP contribution in [0.2, 0.25) is 0 Å². The lowest BCUT2D eigenvalue weighted by Crippen LogP contribution is -2.55. The highest BCUT2D eigenvalue weighted by atomic mass is 32.2. The molecule has 0 saturated carbocycles. The molecule has 1 amide bonds. The molecule has 0 spiro atoms. The molecule has 0 aromatic heterocycles. The number of aliphatic carboxylic acids is 1. The quantitative estimate of drug-likeness (QED) is 0.636. The van der Waals surface area contributed by atoms with Crippen LogP contribution in [0.5, 0.6) is 0 Å². The first-order chi connectivity index (χ1) is 7.15. The highest BCUT2D eigenvalue weighted by Gasteiger charge is 2.53. The minimum absolute atomic E-state index is 0.0162. The number of rotatable bonds is 4. The van der Waals surface area contributed by atoms with Gasteiger partial charge in [0.2, 0.25) is 5.91 Å². The van der Waals surface area contributed by atoms with Crippen LogP contribution in [0, 0.1) is 0 Å². The maximum absolute atomic E-state index is 11.3. The Hall–Kier alpha value is -0.750. The summed E-state index contributed by atoms with van der Waals surface area (Å²) in [6.45, 7) is 0.548. The Labute approximate surface area is 92.0 Å². The molecule has 2 aliphatic rings. The molecule has 0 bridgehead atoms. The van der Waals surface area contributed by atoms with Crippen LogP contribution in [0.1, 0.15) is 12.8 Å². The minimum Gasteiger partial charge on any atom is -0.480 e. The zero-order chi connectivity index (χ0) is 11.0. The van der Waals surface area contributed by atoms with Gasteiger partial charge in [0, 0.05) is 30.0 Å². The summed E-state index contributed by atoms with van der Waals surface area (Å²) < 4.78 is 0. The van der Waals surface area contributed by atoms with Crippen molar-refractivity contribution in [1.82, 2.24) is 4.90 Å². The van der Waals surface area contributed by atoms with Gasteiger partial charge >= 0.3 is 5.97 Å². The molecule has 2 aliphatic heterocycles. The van der Waals surface area contributed by atoms with E-state index in [-0.39, 0.29) is 17.2 Å². The highest BCUT2D eigenvalue weighted by molar-refractivity contribution is 8.00. The Bertz CT molecular complexity index is 297. The fraction of sp³-hybridized carbons (Fsp3) is 0.778. The average molecular weight is 230 g/mol. The second-order valence-corrected chi connectivity index (χ2v) is 5.22. The maximum atomic E-state index is 11.3. The van der Waals surface area contributed by atoms with E-state index >= 15 is 0 Å². The van der Waals surface area contributed by atoms with E-state index < -0.39 is 12.0 Å². The number of carboxylic acids is 1. The van der Waals surface area contributed by atoms with Gasteiger partial charge in [-0.3, -0.25) is 4.79 Å². The van der Waals surface area contributed by atoms with Crippen LogP contribution in [-0.2, 0) is 9.59 Å². The SMILES string of the molecule is NCCSC1C[C@@H]2CC(=O)N2C1C(=O)O. The summed E-state index contributed by atoms with van der Waals surface area (Å²) in [4.78, 5) is 23.9. The summed E-state index contributed by atoms with van der Waals surface area (Å²) in [5, 5.41) is 9.10. The van der Waals surface area contributed by atoms with Crippen LogP contribution in [-0.4, -0.2) is 51.5 Å². The molecule has 0 aliphatic carbocycles.